The van der Waals surface area contributed by atoms with Crippen molar-refractivity contribution in [2.75, 3.05) is 0 Å². The minimum atomic E-state index is -0.501. The lowest BCUT2D eigenvalue weighted by Gasteiger charge is -2.48. The second-order valence-electron chi connectivity index (χ2n) is 8.41. The van der Waals surface area contributed by atoms with Crippen LogP contribution in [0, 0.1) is 29.6 Å². The third kappa shape index (κ3) is 4.42. The molecule has 10 atom stereocenters. The van der Waals surface area contributed by atoms with Crippen molar-refractivity contribution in [3.05, 3.63) is 0 Å². The van der Waals surface area contributed by atoms with Crippen molar-refractivity contribution in [1.82, 2.24) is 0 Å². The van der Waals surface area contributed by atoms with E-state index in [-0.39, 0.29) is 42.4 Å². The van der Waals surface area contributed by atoms with Gasteiger partial charge >= 0.3 is 5.97 Å². The van der Waals surface area contributed by atoms with Crippen LogP contribution >= 0.6 is 0 Å². The summed E-state index contributed by atoms with van der Waals surface area (Å²) in [5.74, 6) is 1.39. The van der Waals surface area contributed by atoms with E-state index in [2.05, 4.69) is 48.5 Å². The zero-order valence-corrected chi connectivity index (χ0v) is 17.7. The molecular weight excluding hydrogens is 332 g/mol. The van der Waals surface area contributed by atoms with Gasteiger partial charge in [-0.25, -0.2) is 0 Å². The van der Waals surface area contributed by atoms with E-state index in [1.54, 1.807) is 0 Å². The van der Waals surface area contributed by atoms with E-state index in [1.807, 2.05) is 0 Å². The molecule has 2 aliphatic heterocycles. The Kier molecular flexibility index (Phi) is 7.52. The van der Waals surface area contributed by atoms with Gasteiger partial charge in [0.15, 0.2) is 6.29 Å². The second kappa shape index (κ2) is 9.03. The van der Waals surface area contributed by atoms with E-state index in [0.717, 1.165) is 12.8 Å². The van der Waals surface area contributed by atoms with Crippen LogP contribution in [0.2, 0.25) is 0 Å². The highest BCUT2D eigenvalue weighted by Crippen LogP contribution is 2.40. The van der Waals surface area contributed by atoms with Gasteiger partial charge in [0.2, 0.25) is 6.29 Å². The van der Waals surface area contributed by atoms with Crippen molar-refractivity contribution >= 4 is 5.97 Å². The van der Waals surface area contributed by atoms with Gasteiger partial charge in [-0.3, -0.25) is 4.79 Å². The van der Waals surface area contributed by atoms with Crippen LogP contribution in [-0.4, -0.2) is 36.9 Å². The van der Waals surface area contributed by atoms with Gasteiger partial charge in [0, 0.05) is 18.8 Å². The fraction of sp³-hybridized carbons (Fsp3) is 0.952. The van der Waals surface area contributed by atoms with Gasteiger partial charge in [-0.2, -0.15) is 0 Å². The molecule has 0 aromatic heterocycles. The maximum absolute atomic E-state index is 11.4. The Labute approximate surface area is 159 Å². The van der Waals surface area contributed by atoms with Crippen LogP contribution in [0.4, 0.5) is 0 Å². The average Bonchev–Trinajstić information content (AvgIpc) is 2.60. The van der Waals surface area contributed by atoms with Crippen LogP contribution < -0.4 is 0 Å². The molecule has 0 saturated carbocycles. The summed E-state index contributed by atoms with van der Waals surface area (Å²) >= 11 is 0. The van der Waals surface area contributed by atoms with E-state index < -0.39 is 6.29 Å². The summed E-state index contributed by atoms with van der Waals surface area (Å²) in [6, 6.07) is 0. The Morgan fingerprint density at radius 3 is 1.85 bits per heavy atom. The number of hydrogen-bond acceptors (Lipinski definition) is 5. The van der Waals surface area contributed by atoms with E-state index in [9.17, 15) is 4.79 Å². The van der Waals surface area contributed by atoms with Crippen LogP contribution in [0.3, 0.4) is 0 Å². The molecule has 0 aliphatic carbocycles. The van der Waals surface area contributed by atoms with Gasteiger partial charge in [-0.15, -0.1) is 0 Å². The van der Waals surface area contributed by atoms with Gasteiger partial charge in [-0.1, -0.05) is 48.5 Å². The number of esters is 1. The Morgan fingerprint density at radius 1 is 0.769 bits per heavy atom. The van der Waals surface area contributed by atoms with E-state index in [0.29, 0.717) is 17.8 Å². The molecular formula is C21H38O5. The molecule has 0 amide bonds. The van der Waals surface area contributed by atoms with Crippen molar-refractivity contribution in [3.8, 4) is 0 Å². The maximum atomic E-state index is 11.4. The number of ether oxygens (including phenoxy) is 4. The third-order valence-corrected chi connectivity index (χ3v) is 6.81. The van der Waals surface area contributed by atoms with Crippen molar-refractivity contribution in [1.29, 1.82) is 0 Å². The highest BCUT2D eigenvalue weighted by molar-refractivity contribution is 5.66. The van der Waals surface area contributed by atoms with Gasteiger partial charge in [0.25, 0.3) is 0 Å². The monoisotopic (exact) mass is 370 g/mol. The zero-order chi connectivity index (χ0) is 19.6. The molecule has 2 fully saturated rings. The van der Waals surface area contributed by atoms with Crippen LogP contribution in [0.5, 0.6) is 0 Å². The summed E-state index contributed by atoms with van der Waals surface area (Å²) in [5.41, 5.74) is 0. The molecule has 0 aromatic rings. The molecule has 2 heterocycles. The first-order valence-electron chi connectivity index (χ1n) is 10.3. The molecule has 5 heteroatoms. The Balaban J connectivity index is 2.12. The van der Waals surface area contributed by atoms with Gasteiger partial charge in [0.1, 0.15) is 0 Å². The highest BCUT2D eigenvalue weighted by Gasteiger charge is 2.46. The summed E-state index contributed by atoms with van der Waals surface area (Å²) in [5, 5.41) is 0. The molecule has 2 rings (SSSR count). The number of rotatable bonds is 5. The number of hydrogen-bond donors (Lipinski definition) is 0. The minimum Gasteiger partial charge on any atom is -0.436 e. The smallest absolute Gasteiger partial charge is 0.304 e. The summed E-state index contributed by atoms with van der Waals surface area (Å²) < 4.78 is 24.4. The maximum Gasteiger partial charge on any atom is 0.304 e. The van der Waals surface area contributed by atoms with E-state index in [4.69, 9.17) is 18.9 Å². The molecule has 2 aliphatic rings. The first kappa shape index (κ1) is 21.6. The van der Waals surface area contributed by atoms with Crippen molar-refractivity contribution < 1.29 is 23.7 Å². The van der Waals surface area contributed by atoms with E-state index in [1.165, 1.54) is 6.92 Å². The molecule has 4 unspecified atom stereocenters. The quantitative estimate of drug-likeness (QED) is 0.672. The molecule has 5 nitrogen and oxygen atoms in total. The fourth-order valence-electron chi connectivity index (χ4n) is 4.36. The van der Waals surface area contributed by atoms with Gasteiger partial charge in [-0.05, 0) is 30.6 Å². The molecule has 152 valence electrons. The molecule has 0 aromatic carbocycles. The summed E-state index contributed by atoms with van der Waals surface area (Å²) in [6.07, 6.45) is 1.16. The average molecular weight is 371 g/mol. The van der Waals surface area contributed by atoms with Crippen molar-refractivity contribution in [3.63, 3.8) is 0 Å². The topological polar surface area (TPSA) is 54.0 Å². The summed E-state index contributed by atoms with van der Waals surface area (Å²) in [7, 11) is 0. The number of carbonyl (C=O) groups excluding carboxylic acids is 1. The first-order valence-corrected chi connectivity index (χ1v) is 10.3. The second-order valence-corrected chi connectivity index (χ2v) is 8.41. The minimum absolute atomic E-state index is 0.0626. The Bertz CT molecular complexity index is 463. The van der Waals surface area contributed by atoms with Crippen molar-refractivity contribution in [2.24, 2.45) is 29.6 Å². The fourth-order valence-corrected chi connectivity index (χ4v) is 4.36. The SMILES string of the molecule is CCC1O[C@@H](O[C@H]2C(C)C(C)[C@@H](OC(C)=O)O[C@@H]2CC)C(C)[C@@H](C)[C@H]1C. The molecule has 0 radical (unpaired) electrons. The largest absolute Gasteiger partial charge is 0.436 e. The molecule has 0 N–H and O–H groups in total. The van der Waals surface area contributed by atoms with Crippen LogP contribution in [0.1, 0.15) is 68.2 Å². The van der Waals surface area contributed by atoms with E-state index >= 15 is 0 Å². The van der Waals surface area contributed by atoms with Gasteiger partial charge < -0.3 is 18.9 Å². The predicted molar refractivity (Wildman–Crippen MR) is 100 cm³/mol. The predicted octanol–water partition coefficient (Wildman–Crippen LogP) is 4.39. The summed E-state index contributed by atoms with van der Waals surface area (Å²) in [6.45, 7) is 16.7. The molecule has 26 heavy (non-hydrogen) atoms. The van der Waals surface area contributed by atoms with Crippen LogP contribution in [-0.2, 0) is 23.7 Å². The highest BCUT2D eigenvalue weighted by atomic mass is 16.7. The zero-order valence-electron chi connectivity index (χ0n) is 17.7. The normalized spacial score (nSPS) is 46.8. The lowest BCUT2D eigenvalue weighted by atomic mass is 9.78. The van der Waals surface area contributed by atoms with Crippen LogP contribution in [0.25, 0.3) is 0 Å². The standard InChI is InChI=1S/C21H38O5/c1-9-17-12(4)11(3)14(6)21(24-17)26-19-13(5)15(7)20(23-16(8)22)25-18(19)10-2/h11-15,17-21H,9-10H2,1-8H3/t11-,12+,13?,14?,15?,17?,18+,19-,20-,21-/m0/s1. The molecule has 0 spiro atoms. The first-order chi connectivity index (χ1) is 12.2. The molecule has 2 saturated heterocycles. The van der Waals surface area contributed by atoms with Gasteiger partial charge in [0.05, 0.1) is 18.3 Å². The Hall–Kier alpha value is -0.650. The lowest BCUT2D eigenvalue weighted by molar-refractivity contribution is -0.319. The lowest BCUT2D eigenvalue weighted by Crippen LogP contribution is -2.55. The van der Waals surface area contributed by atoms with Crippen LogP contribution in [0.15, 0.2) is 0 Å². The Morgan fingerprint density at radius 2 is 1.31 bits per heavy atom. The third-order valence-electron chi connectivity index (χ3n) is 6.81. The molecule has 0 bridgehead atoms. The summed E-state index contributed by atoms with van der Waals surface area (Å²) in [4.78, 5) is 11.4. The number of carbonyl (C=O) groups is 1. The van der Waals surface area contributed by atoms with Crippen molar-refractivity contribution in [2.45, 2.75) is 99.1 Å².